The van der Waals surface area contributed by atoms with Gasteiger partial charge in [-0.2, -0.15) is 0 Å². The highest BCUT2D eigenvalue weighted by Crippen LogP contribution is 2.43. The molecule has 1 aromatic carbocycles. The average Bonchev–Trinajstić information content (AvgIpc) is 3.52. The maximum absolute atomic E-state index is 14.0. The third-order valence-corrected chi connectivity index (χ3v) is 7.22. The number of amides is 2. The number of nitrogens with one attached hydrogen (secondary N) is 1. The van der Waals surface area contributed by atoms with Crippen LogP contribution in [0.2, 0.25) is 0 Å². The molecule has 4 atom stereocenters. The standard InChI is InChI=1S/C28H33FN2O5S/c1-4-5-9-20(16-18(2)29)24-23-12-7-6-10-21(23)17-31(24)28(35)26(36-19(3)32)25(33)27(34)30-14-13-22-11-8-15-37-22/h4-8,10-12,15,20,24-26,33H,2,9,13-14,16-17H2,1,3H3,(H,30,34)/b5-4-/t20?,24-,25+,26+/m0/s1. The van der Waals surface area contributed by atoms with E-state index in [0.717, 1.165) is 22.9 Å². The molecule has 1 aliphatic rings. The van der Waals surface area contributed by atoms with E-state index in [1.54, 1.807) is 11.3 Å². The van der Waals surface area contributed by atoms with Crippen molar-refractivity contribution < 1.29 is 28.6 Å². The summed E-state index contributed by atoms with van der Waals surface area (Å²) >= 11 is 1.54. The van der Waals surface area contributed by atoms with E-state index in [9.17, 15) is 23.9 Å². The van der Waals surface area contributed by atoms with Crippen LogP contribution in [0.25, 0.3) is 0 Å². The van der Waals surface area contributed by atoms with E-state index in [4.69, 9.17) is 4.74 Å². The molecule has 0 saturated heterocycles. The summed E-state index contributed by atoms with van der Waals surface area (Å²) in [4.78, 5) is 41.0. The summed E-state index contributed by atoms with van der Waals surface area (Å²) in [6, 6.07) is 10.7. The normalized spacial score (nSPS) is 17.2. The summed E-state index contributed by atoms with van der Waals surface area (Å²) in [5, 5.41) is 15.4. The highest BCUT2D eigenvalue weighted by atomic mass is 32.1. The molecule has 0 spiro atoms. The lowest BCUT2D eigenvalue weighted by Crippen LogP contribution is -2.52. The number of carbonyl (C=O) groups excluding carboxylic acids is 3. The molecule has 0 fully saturated rings. The monoisotopic (exact) mass is 528 g/mol. The third kappa shape index (κ3) is 7.36. The molecule has 37 heavy (non-hydrogen) atoms. The topological polar surface area (TPSA) is 95.9 Å². The Balaban J connectivity index is 1.85. The second-order valence-electron chi connectivity index (χ2n) is 8.99. The number of halogens is 1. The Kier molecular flexibility index (Phi) is 10.2. The molecule has 2 amide bonds. The van der Waals surface area contributed by atoms with Crippen molar-refractivity contribution in [2.45, 2.75) is 57.9 Å². The van der Waals surface area contributed by atoms with Gasteiger partial charge in [0, 0.05) is 31.3 Å². The van der Waals surface area contributed by atoms with Crippen LogP contribution in [0.5, 0.6) is 0 Å². The number of benzene rings is 1. The van der Waals surface area contributed by atoms with Crippen LogP contribution in [0.1, 0.15) is 48.7 Å². The van der Waals surface area contributed by atoms with Crippen molar-refractivity contribution in [3.8, 4) is 0 Å². The fourth-order valence-electron chi connectivity index (χ4n) is 4.66. The Labute approximate surface area is 220 Å². The van der Waals surface area contributed by atoms with Gasteiger partial charge in [-0.15, -0.1) is 11.3 Å². The molecule has 7 nitrogen and oxygen atoms in total. The van der Waals surface area contributed by atoms with Gasteiger partial charge in [-0.3, -0.25) is 14.4 Å². The number of allylic oxidation sites excluding steroid dienone is 3. The van der Waals surface area contributed by atoms with E-state index in [0.29, 0.717) is 12.8 Å². The lowest BCUT2D eigenvalue weighted by Gasteiger charge is -2.34. The Morgan fingerprint density at radius 3 is 2.70 bits per heavy atom. The van der Waals surface area contributed by atoms with Gasteiger partial charge < -0.3 is 20.1 Å². The first-order valence-electron chi connectivity index (χ1n) is 12.2. The minimum absolute atomic E-state index is 0.0249. The van der Waals surface area contributed by atoms with E-state index in [1.165, 1.54) is 4.90 Å². The molecule has 2 heterocycles. The number of nitrogens with zero attached hydrogens (tertiary/aromatic N) is 1. The second kappa shape index (κ2) is 13.3. The molecule has 0 bridgehead atoms. The maximum Gasteiger partial charge on any atom is 0.303 e. The van der Waals surface area contributed by atoms with E-state index in [1.807, 2.05) is 60.9 Å². The van der Waals surface area contributed by atoms with Gasteiger partial charge >= 0.3 is 5.97 Å². The second-order valence-corrected chi connectivity index (χ2v) is 10.0. The predicted molar refractivity (Wildman–Crippen MR) is 140 cm³/mol. The molecule has 0 saturated carbocycles. The maximum atomic E-state index is 14.0. The average molecular weight is 529 g/mol. The molecule has 0 radical (unpaired) electrons. The van der Waals surface area contributed by atoms with Crippen molar-refractivity contribution in [1.82, 2.24) is 10.2 Å². The summed E-state index contributed by atoms with van der Waals surface area (Å²) in [5.74, 6) is -3.19. The number of aliphatic hydroxyl groups excluding tert-OH is 1. The summed E-state index contributed by atoms with van der Waals surface area (Å²) in [6.45, 7) is 6.81. The zero-order valence-electron chi connectivity index (χ0n) is 21.1. The molecule has 9 heteroatoms. The number of aliphatic hydroxyl groups is 1. The molecular formula is C28H33FN2O5S. The van der Waals surface area contributed by atoms with Gasteiger partial charge in [0.2, 0.25) is 6.10 Å². The summed E-state index contributed by atoms with van der Waals surface area (Å²) in [6.07, 6.45) is 1.17. The molecule has 2 N–H and O–H groups in total. The number of rotatable bonds is 12. The Bertz CT molecular complexity index is 1130. The molecular weight excluding hydrogens is 495 g/mol. The minimum atomic E-state index is -1.91. The van der Waals surface area contributed by atoms with Gasteiger partial charge in [-0.25, -0.2) is 4.39 Å². The summed E-state index contributed by atoms with van der Waals surface area (Å²) in [5.41, 5.74) is 1.72. The number of esters is 1. The highest BCUT2D eigenvalue weighted by molar-refractivity contribution is 7.09. The van der Waals surface area contributed by atoms with Crippen LogP contribution >= 0.6 is 11.3 Å². The molecule has 1 aromatic heterocycles. The van der Waals surface area contributed by atoms with Crippen molar-refractivity contribution in [2.75, 3.05) is 6.54 Å². The summed E-state index contributed by atoms with van der Waals surface area (Å²) in [7, 11) is 0. The molecule has 1 aliphatic heterocycles. The van der Waals surface area contributed by atoms with Gasteiger partial charge in [-0.05, 0) is 48.3 Å². The molecule has 0 aliphatic carbocycles. The van der Waals surface area contributed by atoms with Gasteiger partial charge in [0.05, 0.1) is 11.9 Å². The van der Waals surface area contributed by atoms with E-state index >= 15 is 0 Å². The first-order chi connectivity index (χ1) is 17.7. The summed E-state index contributed by atoms with van der Waals surface area (Å²) < 4.78 is 19.2. The molecule has 1 unspecified atom stereocenters. The zero-order valence-corrected chi connectivity index (χ0v) is 21.9. The van der Waals surface area contributed by atoms with Gasteiger partial charge in [0.1, 0.15) is 0 Å². The van der Waals surface area contributed by atoms with Crippen LogP contribution in [0.4, 0.5) is 4.39 Å². The minimum Gasteiger partial charge on any atom is -0.449 e. The van der Waals surface area contributed by atoms with E-state index < -0.39 is 41.9 Å². The van der Waals surface area contributed by atoms with Crippen molar-refractivity contribution in [2.24, 2.45) is 5.92 Å². The third-order valence-electron chi connectivity index (χ3n) is 6.28. The number of hydrogen-bond donors (Lipinski definition) is 2. The first-order valence-corrected chi connectivity index (χ1v) is 13.1. The fourth-order valence-corrected chi connectivity index (χ4v) is 5.37. The number of fused-ring (bicyclic) bond motifs is 1. The van der Waals surface area contributed by atoms with Gasteiger partial charge in [-0.1, -0.05) is 49.1 Å². The Hall–Kier alpha value is -3.30. The number of carbonyl (C=O) groups is 3. The highest BCUT2D eigenvalue weighted by Gasteiger charge is 2.45. The lowest BCUT2D eigenvalue weighted by molar-refractivity contribution is -0.171. The van der Waals surface area contributed by atoms with Crippen LogP contribution in [-0.2, 0) is 32.1 Å². The lowest BCUT2D eigenvalue weighted by atomic mass is 9.87. The van der Waals surface area contributed by atoms with Crippen molar-refractivity contribution in [1.29, 1.82) is 0 Å². The SMILES string of the molecule is C=C(F)CC(C/C=C\C)[C@H]1c2ccccc2CN1C(=O)[C@H](OC(C)=O)[C@@H](O)C(=O)NCCc1cccs1. The smallest absolute Gasteiger partial charge is 0.303 e. The first kappa shape index (κ1) is 28.3. The van der Waals surface area contributed by atoms with Crippen LogP contribution in [0.15, 0.2) is 66.3 Å². The molecule has 2 aromatic rings. The predicted octanol–water partition coefficient (Wildman–Crippen LogP) is 4.24. The van der Waals surface area contributed by atoms with Crippen molar-refractivity contribution >= 4 is 29.1 Å². The molecule has 3 rings (SSSR count). The van der Waals surface area contributed by atoms with Crippen molar-refractivity contribution in [3.63, 3.8) is 0 Å². The fraction of sp³-hybridized carbons (Fsp3) is 0.393. The van der Waals surface area contributed by atoms with Gasteiger partial charge in [0.25, 0.3) is 11.8 Å². The van der Waals surface area contributed by atoms with Crippen molar-refractivity contribution in [3.05, 3.63) is 82.3 Å². The van der Waals surface area contributed by atoms with Gasteiger partial charge in [0.15, 0.2) is 6.10 Å². The number of hydrogen-bond acceptors (Lipinski definition) is 6. The Morgan fingerprint density at radius 1 is 1.30 bits per heavy atom. The Morgan fingerprint density at radius 2 is 2.05 bits per heavy atom. The van der Waals surface area contributed by atoms with Crippen LogP contribution in [-0.4, -0.2) is 46.5 Å². The van der Waals surface area contributed by atoms with E-state index in [2.05, 4.69) is 11.9 Å². The van der Waals surface area contributed by atoms with E-state index in [-0.39, 0.29) is 25.4 Å². The van der Waals surface area contributed by atoms with Crippen LogP contribution in [0.3, 0.4) is 0 Å². The quantitative estimate of drug-likeness (QED) is 0.317. The number of ether oxygens (including phenoxy) is 1. The molecule has 198 valence electrons. The number of thiophene rings is 1. The zero-order chi connectivity index (χ0) is 26.9. The van der Waals surface area contributed by atoms with Crippen LogP contribution in [0, 0.1) is 5.92 Å². The van der Waals surface area contributed by atoms with Crippen LogP contribution < -0.4 is 5.32 Å². The largest absolute Gasteiger partial charge is 0.449 e.